The van der Waals surface area contributed by atoms with Gasteiger partial charge in [0, 0.05) is 10.2 Å². The van der Waals surface area contributed by atoms with Crippen LogP contribution in [0.25, 0.3) is 0 Å². The predicted molar refractivity (Wildman–Crippen MR) is 94.8 cm³/mol. The van der Waals surface area contributed by atoms with Crippen molar-refractivity contribution < 1.29 is 4.79 Å². The van der Waals surface area contributed by atoms with Crippen LogP contribution in [0.4, 0.5) is 21.9 Å². The Labute approximate surface area is 138 Å². The number of aryl methyl sites for hydroxylation is 2. The minimum absolute atomic E-state index is 0.596. The fourth-order valence-electron chi connectivity index (χ4n) is 2.26. The number of hydrazine groups is 1. The minimum atomic E-state index is -0.596. The predicted octanol–water partition coefficient (Wildman–Crippen LogP) is 3.81. The summed E-state index contributed by atoms with van der Waals surface area (Å²) >= 11 is 3.47. The molecule has 0 heterocycles. The van der Waals surface area contributed by atoms with Crippen molar-refractivity contribution >= 4 is 39.0 Å². The normalized spacial score (nSPS) is 10.3. The number of amides is 2. The van der Waals surface area contributed by atoms with E-state index in [2.05, 4.69) is 21.4 Å². The van der Waals surface area contributed by atoms with Crippen molar-refractivity contribution in [1.29, 1.82) is 0 Å². The van der Waals surface area contributed by atoms with Gasteiger partial charge in [0.2, 0.25) is 0 Å². The summed E-state index contributed by atoms with van der Waals surface area (Å²) in [7, 11) is 0. The zero-order valence-corrected chi connectivity index (χ0v) is 14.1. The lowest BCUT2D eigenvalue weighted by molar-refractivity contribution is 0.255. The molecular formula is C16H19BrN4O. The number of hydrogen-bond acceptors (Lipinski definition) is 3. The fraction of sp³-hybridized carbons (Fsp3) is 0.188. The maximum absolute atomic E-state index is 11.9. The van der Waals surface area contributed by atoms with Crippen molar-refractivity contribution in [3.05, 3.63) is 52.0 Å². The summed E-state index contributed by atoms with van der Waals surface area (Å²) in [5.41, 5.74) is 18.6. The molecule has 0 radical (unpaired) electrons. The van der Waals surface area contributed by atoms with Gasteiger partial charge in [-0.15, -0.1) is 0 Å². The molecule has 0 fully saturated rings. The third-order valence-corrected chi connectivity index (χ3v) is 3.85. The van der Waals surface area contributed by atoms with Crippen LogP contribution in [0.3, 0.4) is 0 Å². The minimum Gasteiger partial charge on any atom is -0.399 e. The van der Waals surface area contributed by atoms with Gasteiger partial charge in [-0.2, -0.15) is 0 Å². The van der Waals surface area contributed by atoms with Gasteiger partial charge in [-0.3, -0.25) is 5.43 Å². The average molecular weight is 363 g/mol. The maximum atomic E-state index is 11.9. The quantitative estimate of drug-likeness (QED) is 0.570. The number of halogens is 1. The Bertz CT molecular complexity index is 703. The van der Waals surface area contributed by atoms with Crippen LogP contribution in [-0.4, -0.2) is 6.03 Å². The molecule has 0 unspecified atom stereocenters. The highest BCUT2D eigenvalue weighted by molar-refractivity contribution is 9.10. The highest BCUT2D eigenvalue weighted by Crippen LogP contribution is 2.33. The van der Waals surface area contributed by atoms with Crippen LogP contribution >= 0.6 is 15.9 Å². The number of benzene rings is 2. The second-order valence-corrected chi connectivity index (χ2v) is 5.87. The molecule has 0 aliphatic carbocycles. The monoisotopic (exact) mass is 362 g/mol. The van der Waals surface area contributed by atoms with Gasteiger partial charge in [-0.25, -0.2) is 9.80 Å². The first kappa shape index (κ1) is 16.2. The molecule has 0 saturated carbocycles. The van der Waals surface area contributed by atoms with Gasteiger partial charge in [-0.05, 0) is 64.7 Å². The number of hydrogen-bond donors (Lipinski definition) is 3. The van der Waals surface area contributed by atoms with Gasteiger partial charge >= 0.3 is 6.03 Å². The number of urea groups is 1. The van der Waals surface area contributed by atoms with Gasteiger partial charge in [0.25, 0.3) is 0 Å². The van der Waals surface area contributed by atoms with Crippen LogP contribution in [-0.2, 0) is 6.42 Å². The molecule has 0 saturated heterocycles. The lowest BCUT2D eigenvalue weighted by Gasteiger charge is -2.26. The van der Waals surface area contributed by atoms with Gasteiger partial charge in [-0.1, -0.05) is 19.1 Å². The summed E-state index contributed by atoms with van der Waals surface area (Å²) in [5, 5.41) is 1.33. The SMILES string of the molecule is CCc1cc(N)cc(Br)c1N(Nc1cccc(C)c1)C(N)=O. The van der Waals surface area contributed by atoms with Crippen molar-refractivity contribution in [3.63, 3.8) is 0 Å². The van der Waals surface area contributed by atoms with Crippen LogP contribution in [0.2, 0.25) is 0 Å². The summed E-state index contributed by atoms with van der Waals surface area (Å²) in [6, 6.07) is 10.7. The van der Waals surface area contributed by atoms with Crippen LogP contribution < -0.4 is 21.9 Å². The Morgan fingerprint density at radius 2 is 2.05 bits per heavy atom. The lowest BCUT2D eigenvalue weighted by atomic mass is 10.1. The van der Waals surface area contributed by atoms with E-state index in [0.29, 0.717) is 15.8 Å². The molecule has 22 heavy (non-hydrogen) atoms. The van der Waals surface area contributed by atoms with Crippen LogP contribution in [0.15, 0.2) is 40.9 Å². The van der Waals surface area contributed by atoms with E-state index < -0.39 is 6.03 Å². The first-order valence-corrected chi connectivity index (χ1v) is 7.72. The van der Waals surface area contributed by atoms with E-state index in [1.165, 1.54) is 5.01 Å². The number of carbonyl (C=O) groups is 1. The second kappa shape index (κ2) is 6.70. The van der Waals surface area contributed by atoms with Gasteiger partial charge < -0.3 is 11.5 Å². The van der Waals surface area contributed by atoms with Crippen molar-refractivity contribution in [2.75, 3.05) is 16.2 Å². The number of nitrogens with zero attached hydrogens (tertiary/aromatic N) is 1. The van der Waals surface area contributed by atoms with Gasteiger partial charge in [0.05, 0.1) is 11.4 Å². The number of nitrogen functional groups attached to an aromatic ring is 1. The third-order valence-electron chi connectivity index (χ3n) is 3.25. The molecule has 0 aliphatic rings. The molecule has 2 aromatic rings. The van der Waals surface area contributed by atoms with Gasteiger partial charge in [0.15, 0.2) is 0 Å². The molecular weight excluding hydrogens is 344 g/mol. The Morgan fingerprint density at radius 3 is 2.64 bits per heavy atom. The molecule has 5 nitrogen and oxygen atoms in total. The molecule has 2 amide bonds. The molecule has 2 aromatic carbocycles. The van der Waals surface area contributed by atoms with Gasteiger partial charge in [0.1, 0.15) is 0 Å². The number of carbonyl (C=O) groups excluding carboxylic acids is 1. The summed E-state index contributed by atoms with van der Waals surface area (Å²) in [6.45, 7) is 3.98. The number of nitrogens with one attached hydrogen (secondary N) is 1. The Morgan fingerprint density at radius 1 is 1.32 bits per heavy atom. The fourth-order valence-corrected chi connectivity index (χ4v) is 2.96. The first-order chi connectivity index (χ1) is 10.4. The van der Waals surface area contributed by atoms with Crippen molar-refractivity contribution in [3.8, 4) is 0 Å². The Balaban J connectivity index is 2.47. The van der Waals surface area contributed by atoms with E-state index in [0.717, 1.165) is 23.2 Å². The van der Waals surface area contributed by atoms with E-state index in [4.69, 9.17) is 11.5 Å². The molecule has 2 rings (SSSR count). The van der Waals surface area contributed by atoms with E-state index >= 15 is 0 Å². The number of primary amides is 1. The first-order valence-electron chi connectivity index (χ1n) is 6.93. The molecule has 5 N–H and O–H groups in total. The summed E-state index contributed by atoms with van der Waals surface area (Å²) in [6.07, 6.45) is 0.720. The lowest BCUT2D eigenvalue weighted by Crippen LogP contribution is -2.41. The second-order valence-electron chi connectivity index (χ2n) is 5.02. The van der Waals surface area contributed by atoms with E-state index in [-0.39, 0.29) is 0 Å². The maximum Gasteiger partial charge on any atom is 0.338 e. The highest BCUT2D eigenvalue weighted by Gasteiger charge is 2.19. The average Bonchev–Trinajstić information content (AvgIpc) is 2.44. The Hall–Kier alpha value is -2.21. The number of rotatable bonds is 4. The third kappa shape index (κ3) is 3.51. The molecule has 116 valence electrons. The van der Waals surface area contributed by atoms with Crippen LogP contribution in [0.5, 0.6) is 0 Å². The van der Waals surface area contributed by atoms with Crippen molar-refractivity contribution in [2.45, 2.75) is 20.3 Å². The van der Waals surface area contributed by atoms with E-state index in [9.17, 15) is 4.79 Å². The summed E-state index contributed by atoms with van der Waals surface area (Å²) in [5.74, 6) is 0. The Kier molecular flexibility index (Phi) is 4.92. The zero-order valence-electron chi connectivity index (χ0n) is 12.6. The van der Waals surface area contributed by atoms with Crippen molar-refractivity contribution in [1.82, 2.24) is 0 Å². The number of nitrogens with two attached hydrogens (primary N) is 2. The largest absolute Gasteiger partial charge is 0.399 e. The zero-order chi connectivity index (χ0) is 16.3. The van der Waals surface area contributed by atoms with E-state index in [1.807, 2.05) is 44.2 Å². The summed E-state index contributed by atoms with van der Waals surface area (Å²) < 4.78 is 0.711. The standard InChI is InChI=1S/C16H19BrN4O/c1-3-11-8-12(18)9-14(17)15(11)21(16(19)22)20-13-6-4-5-10(2)7-13/h4-9,20H,3,18H2,1-2H3,(H2,19,22). The number of anilines is 3. The molecule has 0 bridgehead atoms. The molecule has 0 atom stereocenters. The smallest absolute Gasteiger partial charge is 0.338 e. The van der Waals surface area contributed by atoms with Crippen molar-refractivity contribution in [2.24, 2.45) is 5.73 Å². The molecule has 0 spiro atoms. The van der Waals surface area contributed by atoms with E-state index in [1.54, 1.807) is 6.07 Å². The molecule has 0 aliphatic heterocycles. The van der Waals surface area contributed by atoms with Crippen LogP contribution in [0, 0.1) is 6.92 Å². The molecule has 0 aromatic heterocycles. The topological polar surface area (TPSA) is 84.4 Å². The highest BCUT2D eigenvalue weighted by atomic mass is 79.9. The summed E-state index contributed by atoms with van der Waals surface area (Å²) in [4.78, 5) is 11.9. The molecule has 6 heteroatoms. The van der Waals surface area contributed by atoms with Crippen LogP contribution in [0.1, 0.15) is 18.1 Å².